The topological polar surface area (TPSA) is 43.8 Å². The first-order valence-corrected chi connectivity index (χ1v) is 7.42. The zero-order valence-electron chi connectivity index (χ0n) is 11.4. The van der Waals surface area contributed by atoms with Gasteiger partial charge in [0.1, 0.15) is 5.82 Å². The van der Waals surface area contributed by atoms with Crippen molar-refractivity contribution in [2.24, 2.45) is 5.73 Å². The van der Waals surface area contributed by atoms with Gasteiger partial charge in [0.2, 0.25) is 0 Å². The van der Waals surface area contributed by atoms with Crippen molar-refractivity contribution in [3.8, 4) is 0 Å². The molecule has 0 amide bonds. The Morgan fingerprint density at radius 2 is 2.21 bits per heavy atom. The van der Waals surface area contributed by atoms with Crippen molar-refractivity contribution in [1.82, 2.24) is 9.55 Å². The molecule has 0 bridgehead atoms. The molecule has 0 aliphatic heterocycles. The minimum atomic E-state index is -0.0349. The molecule has 3 nitrogen and oxygen atoms in total. The Morgan fingerprint density at radius 3 is 2.95 bits per heavy atom. The van der Waals surface area contributed by atoms with E-state index in [1.165, 1.54) is 5.56 Å². The van der Waals surface area contributed by atoms with E-state index in [0.717, 1.165) is 35.2 Å². The van der Waals surface area contributed by atoms with Crippen molar-refractivity contribution in [3.05, 3.63) is 52.0 Å². The molecule has 1 unspecified atom stereocenters. The first kappa shape index (κ1) is 14.3. The summed E-state index contributed by atoms with van der Waals surface area (Å²) in [5, 5.41) is 0. The quantitative estimate of drug-likeness (QED) is 0.914. The van der Waals surface area contributed by atoms with Gasteiger partial charge >= 0.3 is 0 Å². The minimum Gasteiger partial charge on any atom is -0.335 e. The van der Waals surface area contributed by atoms with Gasteiger partial charge in [0, 0.05) is 35.9 Å². The maximum atomic E-state index is 6.34. The van der Waals surface area contributed by atoms with Crippen LogP contribution in [0, 0.1) is 6.92 Å². The number of halogens is 1. The predicted molar refractivity (Wildman–Crippen MR) is 82.0 cm³/mol. The number of imidazole rings is 1. The van der Waals surface area contributed by atoms with E-state index in [1.54, 1.807) is 0 Å². The molecule has 2 N–H and O–H groups in total. The normalized spacial score (nSPS) is 12.6. The maximum absolute atomic E-state index is 6.34. The molecule has 0 fully saturated rings. The van der Waals surface area contributed by atoms with Gasteiger partial charge in [0.05, 0.1) is 0 Å². The third-order valence-electron chi connectivity index (χ3n) is 3.22. The Balaban J connectivity index is 2.18. The molecule has 4 heteroatoms. The fourth-order valence-electron chi connectivity index (χ4n) is 2.23. The number of aryl methyl sites for hydroxylation is 2. The van der Waals surface area contributed by atoms with E-state index in [9.17, 15) is 0 Å². The summed E-state index contributed by atoms with van der Waals surface area (Å²) in [6.45, 7) is 5.25. The summed E-state index contributed by atoms with van der Waals surface area (Å²) < 4.78 is 3.25. The molecule has 2 rings (SSSR count). The van der Waals surface area contributed by atoms with E-state index >= 15 is 0 Å². The average Bonchev–Trinajstić information content (AvgIpc) is 2.80. The summed E-state index contributed by atoms with van der Waals surface area (Å²) in [4.78, 5) is 4.42. The fourth-order valence-corrected chi connectivity index (χ4v) is 2.77. The summed E-state index contributed by atoms with van der Waals surface area (Å²) in [6, 6.07) is 6.25. The zero-order valence-corrected chi connectivity index (χ0v) is 13.0. The summed E-state index contributed by atoms with van der Waals surface area (Å²) >= 11 is 3.58. The molecule has 102 valence electrons. The van der Waals surface area contributed by atoms with Gasteiger partial charge in [-0.25, -0.2) is 4.98 Å². The molecular formula is C15H20BrN3. The number of aromatic nitrogens is 2. The third kappa shape index (κ3) is 3.45. The van der Waals surface area contributed by atoms with Crippen LogP contribution >= 0.6 is 15.9 Å². The van der Waals surface area contributed by atoms with Crippen LogP contribution in [-0.4, -0.2) is 9.55 Å². The zero-order chi connectivity index (χ0) is 13.8. The van der Waals surface area contributed by atoms with Crippen LogP contribution in [0.1, 0.15) is 36.3 Å². The predicted octanol–water partition coefficient (Wildman–Crippen LogP) is 3.61. The van der Waals surface area contributed by atoms with Gasteiger partial charge in [0.25, 0.3) is 0 Å². The van der Waals surface area contributed by atoms with Gasteiger partial charge in [0.15, 0.2) is 0 Å². The van der Waals surface area contributed by atoms with Gasteiger partial charge in [-0.1, -0.05) is 40.5 Å². The fraction of sp³-hybridized carbons (Fsp3) is 0.400. The molecule has 1 atom stereocenters. The smallest absolute Gasteiger partial charge is 0.110 e. The van der Waals surface area contributed by atoms with Crippen molar-refractivity contribution in [2.75, 3.05) is 0 Å². The van der Waals surface area contributed by atoms with E-state index in [1.807, 2.05) is 12.4 Å². The first-order valence-electron chi connectivity index (χ1n) is 6.63. The Morgan fingerprint density at radius 1 is 1.42 bits per heavy atom. The van der Waals surface area contributed by atoms with Crippen LogP contribution < -0.4 is 5.73 Å². The van der Waals surface area contributed by atoms with Crippen molar-refractivity contribution < 1.29 is 0 Å². The Kier molecular flexibility index (Phi) is 4.77. The second kappa shape index (κ2) is 6.35. The lowest BCUT2D eigenvalue weighted by Crippen LogP contribution is -2.17. The van der Waals surface area contributed by atoms with Crippen LogP contribution in [0.3, 0.4) is 0 Å². The van der Waals surface area contributed by atoms with Gasteiger partial charge in [-0.3, -0.25) is 0 Å². The van der Waals surface area contributed by atoms with E-state index in [2.05, 4.69) is 57.5 Å². The highest BCUT2D eigenvalue weighted by Gasteiger charge is 2.13. The van der Waals surface area contributed by atoms with Crippen molar-refractivity contribution in [2.45, 2.75) is 39.3 Å². The van der Waals surface area contributed by atoms with Gasteiger partial charge in [-0.2, -0.15) is 0 Å². The standard InChI is InChI=1S/C15H20BrN3/c1-3-7-19-8-6-18-15(19)10-14(17)12-9-11(2)4-5-13(12)16/h4-6,8-9,14H,3,7,10,17H2,1-2H3. The van der Waals surface area contributed by atoms with E-state index < -0.39 is 0 Å². The van der Waals surface area contributed by atoms with E-state index in [-0.39, 0.29) is 6.04 Å². The number of rotatable bonds is 5. The van der Waals surface area contributed by atoms with Crippen molar-refractivity contribution in [3.63, 3.8) is 0 Å². The summed E-state index contributed by atoms with van der Waals surface area (Å²) in [5.74, 6) is 1.06. The molecule has 0 saturated carbocycles. The molecule has 2 aromatic rings. The maximum Gasteiger partial charge on any atom is 0.110 e. The van der Waals surface area contributed by atoms with Gasteiger partial charge in [-0.05, 0) is 25.0 Å². The molecule has 0 aliphatic rings. The Hall–Kier alpha value is -1.13. The summed E-state index contributed by atoms with van der Waals surface area (Å²) in [6.07, 6.45) is 5.74. The third-order valence-corrected chi connectivity index (χ3v) is 3.94. The number of nitrogens with two attached hydrogens (primary N) is 1. The monoisotopic (exact) mass is 321 g/mol. The first-order chi connectivity index (χ1) is 9.11. The largest absolute Gasteiger partial charge is 0.335 e. The second-order valence-corrected chi connectivity index (χ2v) is 5.73. The highest BCUT2D eigenvalue weighted by molar-refractivity contribution is 9.10. The molecular weight excluding hydrogens is 302 g/mol. The van der Waals surface area contributed by atoms with Crippen LogP contribution in [0.25, 0.3) is 0 Å². The Labute approximate surface area is 123 Å². The average molecular weight is 322 g/mol. The summed E-state index contributed by atoms with van der Waals surface area (Å²) in [5.41, 5.74) is 8.71. The highest BCUT2D eigenvalue weighted by atomic mass is 79.9. The van der Waals surface area contributed by atoms with Gasteiger partial charge < -0.3 is 10.3 Å². The lowest BCUT2D eigenvalue weighted by molar-refractivity contribution is 0.597. The minimum absolute atomic E-state index is 0.0349. The molecule has 0 saturated heterocycles. The molecule has 1 aromatic carbocycles. The van der Waals surface area contributed by atoms with Crippen LogP contribution in [0.2, 0.25) is 0 Å². The lowest BCUT2D eigenvalue weighted by Gasteiger charge is -2.15. The second-order valence-electron chi connectivity index (χ2n) is 4.87. The SMILES string of the molecule is CCCn1ccnc1CC(N)c1cc(C)ccc1Br. The molecule has 19 heavy (non-hydrogen) atoms. The number of benzene rings is 1. The Bertz CT molecular complexity index is 548. The van der Waals surface area contributed by atoms with Crippen molar-refractivity contribution >= 4 is 15.9 Å². The van der Waals surface area contributed by atoms with Crippen LogP contribution in [0.15, 0.2) is 35.1 Å². The molecule has 0 spiro atoms. The van der Waals surface area contributed by atoms with Crippen LogP contribution in [0.4, 0.5) is 0 Å². The van der Waals surface area contributed by atoms with E-state index in [0.29, 0.717) is 0 Å². The number of hydrogen-bond donors (Lipinski definition) is 1. The number of hydrogen-bond acceptors (Lipinski definition) is 2. The van der Waals surface area contributed by atoms with E-state index in [4.69, 9.17) is 5.73 Å². The van der Waals surface area contributed by atoms with Crippen LogP contribution in [0.5, 0.6) is 0 Å². The van der Waals surface area contributed by atoms with Crippen molar-refractivity contribution in [1.29, 1.82) is 0 Å². The van der Waals surface area contributed by atoms with Gasteiger partial charge in [-0.15, -0.1) is 0 Å². The molecule has 0 aliphatic carbocycles. The number of nitrogens with zero attached hydrogens (tertiary/aromatic N) is 2. The lowest BCUT2D eigenvalue weighted by atomic mass is 10.0. The molecule has 0 radical (unpaired) electrons. The highest BCUT2D eigenvalue weighted by Crippen LogP contribution is 2.25. The van der Waals surface area contributed by atoms with Crippen LogP contribution in [-0.2, 0) is 13.0 Å². The summed E-state index contributed by atoms with van der Waals surface area (Å²) in [7, 11) is 0. The molecule has 1 heterocycles. The molecule has 1 aromatic heterocycles.